The van der Waals surface area contributed by atoms with Gasteiger partial charge in [-0.2, -0.15) is 0 Å². The zero-order valence-corrected chi connectivity index (χ0v) is 46.0. The second kappa shape index (κ2) is 17.0. The minimum Gasteiger partial charge on any atom is -0.454 e. The summed E-state index contributed by atoms with van der Waals surface area (Å²) in [5.74, 6) is 0.326. The predicted molar refractivity (Wildman–Crippen MR) is 336 cm³/mol. The van der Waals surface area contributed by atoms with Crippen molar-refractivity contribution in [2.24, 2.45) is 0 Å². The molecule has 0 aliphatic carbocycles. The Morgan fingerprint density at radius 3 is 1.05 bits per heavy atom. The minimum atomic E-state index is 0.163. The standard InChI is InChI=1S/C74H56N2O4/c1-39(2)57-37-61(75(59-25-15-23-49-45-19-9-11-27-63(45)77-71(49)59)67-41(5)29-31-53-51-21-13-17-43(7)69(51)79-73(53)67)55-36-34-48-58(40(3)4)38-62(56-35-33-47(57)65(55)66(48)56)76(60-26-16-24-50-46-20-10-12-28-64(46)78-72(50)60)68-42(6)30-32-54-52-22-14-18-44(8)70(52)80-74(54)68/h9-40H,1-8H3. The van der Waals surface area contributed by atoms with Crippen molar-refractivity contribution in [3.05, 3.63) is 215 Å². The highest BCUT2D eigenvalue weighted by Crippen LogP contribution is 2.56. The maximum Gasteiger partial charge on any atom is 0.159 e. The Kier molecular flexibility index (Phi) is 9.89. The van der Waals surface area contributed by atoms with Crippen LogP contribution in [-0.2, 0) is 0 Å². The van der Waals surface area contributed by atoms with Crippen molar-refractivity contribution in [2.75, 3.05) is 9.80 Å². The Morgan fingerprint density at radius 1 is 0.275 bits per heavy atom. The summed E-state index contributed by atoms with van der Waals surface area (Å²) in [5.41, 5.74) is 19.6. The van der Waals surface area contributed by atoms with Gasteiger partial charge in [0.1, 0.15) is 22.3 Å². The molecule has 0 saturated heterocycles. The molecular weight excluding hydrogens is 981 g/mol. The monoisotopic (exact) mass is 1040 g/mol. The third kappa shape index (κ3) is 6.41. The smallest absolute Gasteiger partial charge is 0.159 e. The number of rotatable bonds is 8. The summed E-state index contributed by atoms with van der Waals surface area (Å²) in [5, 5.41) is 15.8. The Balaban J connectivity index is 1.07. The Morgan fingerprint density at radius 2 is 0.625 bits per heavy atom. The number of nitrogens with zero attached hydrogens (tertiary/aromatic N) is 2. The van der Waals surface area contributed by atoms with Gasteiger partial charge >= 0.3 is 0 Å². The minimum absolute atomic E-state index is 0.163. The van der Waals surface area contributed by atoms with E-state index >= 15 is 0 Å². The van der Waals surface area contributed by atoms with Crippen molar-refractivity contribution >= 4 is 154 Å². The van der Waals surface area contributed by atoms with E-state index in [0.717, 1.165) is 155 Å². The molecule has 0 saturated carbocycles. The maximum absolute atomic E-state index is 7.18. The molecular formula is C74H56N2O4. The van der Waals surface area contributed by atoms with Crippen LogP contribution in [0.15, 0.2) is 200 Å². The fourth-order valence-electron chi connectivity index (χ4n) is 13.6. The van der Waals surface area contributed by atoms with Crippen LogP contribution in [0.4, 0.5) is 34.1 Å². The molecule has 12 aromatic carbocycles. The Labute approximate surface area is 461 Å². The van der Waals surface area contributed by atoms with E-state index in [1.54, 1.807) is 0 Å². The van der Waals surface area contributed by atoms with Crippen LogP contribution in [0.3, 0.4) is 0 Å². The van der Waals surface area contributed by atoms with E-state index in [1.165, 1.54) is 32.7 Å². The van der Waals surface area contributed by atoms with E-state index in [2.05, 4.69) is 247 Å². The lowest BCUT2D eigenvalue weighted by Gasteiger charge is -2.32. The van der Waals surface area contributed by atoms with E-state index in [4.69, 9.17) is 17.7 Å². The van der Waals surface area contributed by atoms with Gasteiger partial charge in [-0.25, -0.2) is 0 Å². The maximum atomic E-state index is 7.18. The number of hydrogen-bond donors (Lipinski definition) is 0. The van der Waals surface area contributed by atoms with Crippen molar-refractivity contribution in [3.63, 3.8) is 0 Å². The first-order valence-electron chi connectivity index (χ1n) is 28.0. The molecule has 0 spiro atoms. The van der Waals surface area contributed by atoms with E-state index in [9.17, 15) is 0 Å². The van der Waals surface area contributed by atoms with Crippen molar-refractivity contribution in [3.8, 4) is 0 Å². The first kappa shape index (κ1) is 46.6. The molecule has 16 rings (SSSR count). The third-order valence-corrected chi connectivity index (χ3v) is 17.4. The van der Waals surface area contributed by atoms with Crippen molar-refractivity contribution in [1.82, 2.24) is 0 Å². The summed E-state index contributed by atoms with van der Waals surface area (Å²) in [6.45, 7) is 18.0. The van der Waals surface area contributed by atoms with Gasteiger partial charge in [0.25, 0.3) is 0 Å². The molecule has 6 nitrogen and oxygen atoms in total. The number of furan rings is 4. The lowest BCUT2D eigenvalue weighted by molar-refractivity contribution is 0.663. The van der Waals surface area contributed by atoms with Gasteiger partial charge in [0.15, 0.2) is 22.3 Å². The molecule has 0 aliphatic heterocycles. The summed E-state index contributed by atoms with van der Waals surface area (Å²) in [4.78, 5) is 4.93. The van der Waals surface area contributed by atoms with Gasteiger partial charge in [0.05, 0.1) is 34.1 Å². The molecule has 80 heavy (non-hydrogen) atoms. The van der Waals surface area contributed by atoms with Crippen molar-refractivity contribution < 1.29 is 17.7 Å². The predicted octanol–water partition coefficient (Wildman–Crippen LogP) is 22.6. The molecule has 0 fully saturated rings. The second-order valence-electron chi connectivity index (χ2n) is 22.8. The summed E-state index contributed by atoms with van der Waals surface area (Å²) in [6, 6.07) is 66.2. The number of fused-ring (bicyclic) bond motifs is 12. The lowest BCUT2D eigenvalue weighted by Crippen LogP contribution is -2.15. The van der Waals surface area contributed by atoms with Gasteiger partial charge in [0, 0.05) is 53.9 Å². The molecule has 0 atom stereocenters. The molecule has 0 aliphatic rings. The Bertz CT molecular complexity index is 4940. The largest absolute Gasteiger partial charge is 0.454 e. The van der Waals surface area contributed by atoms with Crippen LogP contribution in [0.1, 0.15) is 72.9 Å². The van der Waals surface area contributed by atoms with Gasteiger partial charge < -0.3 is 27.5 Å². The van der Waals surface area contributed by atoms with Crippen LogP contribution in [0.2, 0.25) is 0 Å². The summed E-state index contributed by atoms with van der Waals surface area (Å²) < 4.78 is 28.4. The van der Waals surface area contributed by atoms with Crippen LogP contribution in [-0.4, -0.2) is 0 Å². The SMILES string of the molecule is Cc1ccc2c(oc3c(C)cccc32)c1N(c1cc(C(C)C)c2ccc3c(N(c4cccc5c4oc4ccccc45)c4c(C)ccc5c4oc4c(C)cccc45)cc(C(C)C)c4ccc1c2c43)c1cccc2c1oc1ccccc12. The first-order valence-corrected chi connectivity index (χ1v) is 28.0. The van der Waals surface area contributed by atoms with Gasteiger partial charge in [-0.05, 0) is 131 Å². The number of hydrogen-bond acceptors (Lipinski definition) is 6. The van der Waals surface area contributed by atoms with E-state index in [0.29, 0.717) is 0 Å². The zero-order valence-electron chi connectivity index (χ0n) is 46.0. The lowest BCUT2D eigenvalue weighted by atomic mass is 9.84. The topological polar surface area (TPSA) is 59.0 Å². The van der Waals surface area contributed by atoms with Gasteiger partial charge in [-0.15, -0.1) is 0 Å². The van der Waals surface area contributed by atoms with Crippen LogP contribution < -0.4 is 9.80 Å². The highest BCUT2D eigenvalue weighted by Gasteiger charge is 2.32. The highest BCUT2D eigenvalue weighted by molar-refractivity contribution is 6.31. The molecule has 4 aromatic heterocycles. The molecule has 16 aromatic rings. The molecule has 0 unspecified atom stereocenters. The number of para-hydroxylation sites is 6. The number of anilines is 6. The van der Waals surface area contributed by atoms with Crippen molar-refractivity contribution in [2.45, 2.75) is 67.2 Å². The highest BCUT2D eigenvalue weighted by atomic mass is 16.3. The molecule has 0 radical (unpaired) electrons. The average molecular weight is 1040 g/mol. The zero-order chi connectivity index (χ0) is 54.0. The van der Waals surface area contributed by atoms with Gasteiger partial charge in [0.2, 0.25) is 0 Å². The summed E-state index contributed by atoms with van der Waals surface area (Å²) in [6.07, 6.45) is 0. The average Bonchev–Trinajstić information content (AvgIpc) is 3.81. The van der Waals surface area contributed by atoms with Gasteiger partial charge in [-0.1, -0.05) is 173 Å². The second-order valence-corrected chi connectivity index (χ2v) is 22.8. The molecule has 4 heterocycles. The van der Waals surface area contributed by atoms with Crippen LogP contribution in [0.5, 0.6) is 0 Å². The molecule has 386 valence electrons. The summed E-state index contributed by atoms with van der Waals surface area (Å²) >= 11 is 0. The third-order valence-electron chi connectivity index (χ3n) is 17.4. The fourth-order valence-corrected chi connectivity index (χ4v) is 13.6. The number of benzene rings is 12. The Hall–Kier alpha value is -9.52. The molecule has 0 amide bonds. The van der Waals surface area contributed by atoms with E-state index in [-0.39, 0.29) is 11.8 Å². The van der Waals surface area contributed by atoms with Crippen molar-refractivity contribution in [1.29, 1.82) is 0 Å². The normalized spacial score (nSPS) is 12.5. The van der Waals surface area contributed by atoms with Crippen LogP contribution >= 0.6 is 0 Å². The quantitative estimate of drug-likeness (QED) is 0.141. The fraction of sp³-hybridized carbons (Fsp3) is 0.135. The van der Waals surface area contributed by atoms with Gasteiger partial charge in [-0.3, -0.25) is 0 Å². The van der Waals surface area contributed by atoms with E-state index < -0.39 is 0 Å². The van der Waals surface area contributed by atoms with Crippen LogP contribution in [0, 0.1) is 27.7 Å². The molecule has 6 heteroatoms. The van der Waals surface area contributed by atoms with E-state index in [1.807, 2.05) is 0 Å². The first-order chi connectivity index (χ1) is 39.0. The van der Waals surface area contributed by atoms with Crippen LogP contribution in [0.25, 0.3) is 120 Å². The summed E-state index contributed by atoms with van der Waals surface area (Å²) in [7, 11) is 0. The molecule has 0 bridgehead atoms. The number of aryl methyl sites for hydroxylation is 4. The molecule has 0 N–H and O–H groups in total.